The van der Waals surface area contributed by atoms with Crippen molar-refractivity contribution in [2.75, 3.05) is 31.1 Å². The van der Waals surface area contributed by atoms with Gasteiger partial charge in [-0.2, -0.15) is 0 Å². The SMILES string of the molecule is Cc1cccc(N2CCC(CCC3CCN(C(=O)Oc4cncc(C(=O)O)c4)CC3)CC2)n1.[NaH]. The molecule has 2 aliphatic rings. The van der Waals surface area contributed by atoms with Crippen molar-refractivity contribution in [3.05, 3.63) is 47.9 Å². The molecule has 8 nitrogen and oxygen atoms in total. The predicted octanol–water partition coefficient (Wildman–Crippen LogP) is 3.74. The summed E-state index contributed by atoms with van der Waals surface area (Å²) >= 11 is 0. The van der Waals surface area contributed by atoms with Crippen LogP contribution < -0.4 is 9.64 Å². The van der Waals surface area contributed by atoms with Crippen LogP contribution in [0.1, 0.15) is 54.6 Å². The van der Waals surface area contributed by atoms with E-state index in [2.05, 4.69) is 27.0 Å². The monoisotopic (exact) mass is 476 g/mol. The summed E-state index contributed by atoms with van der Waals surface area (Å²) in [5.41, 5.74) is 1.07. The molecule has 0 bridgehead atoms. The molecule has 4 heterocycles. The number of carboxylic acid groups (broad SMARTS) is 1. The topological polar surface area (TPSA) is 95.9 Å². The molecule has 0 atom stereocenters. The number of carbonyl (C=O) groups excluding carboxylic acids is 1. The fourth-order valence-electron chi connectivity index (χ4n) is 4.79. The van der Waals surface area contributed by atoms with Crippen LogP contribution in [0.25, 0.3) is 0 Å². The van der Waals surface area contributed by atoms with E-state index < -0.39 is 12.1 Å². The Morgan fingerprint density at radius 2 is 1.68 bits per heavy atom. The zero-order valence-electron chi connectivity index (χ0n) is 19.2. The van der Waals surface area contributed by atoms with Gasteiger partial charge in [0.15, 0.2) is 5.75 Å². The Morgan fingerprint density at radius 1 is 1.03 bits per heavy atom. The van der Waals surface area contributed by atoms with Gasteiger partial charge in [-0.15, -0.1) is 0 Å². The van der Waals surface area contributed by atoms with Crippen molar-refractivity contribution in [3.63, 3.8) is 0 Å². The number of rotatable bonds is 6. The number of amides is 1. The van der Waals surface area contributed by atoms with Gasteiger partial charge in [-0.25, -0.2) is 14.6 Å². The van der Waals surface area contributed by atoms with Crippen LogP contribution in [-0.2, 0) is 0 Å². The van der Waals surface area contributed by atoms with E-state index in [1.54, 1.807) is 4.90 Å². The van der Waals surface area contributed by atoms with E-state index in [9.17, 15) is 9.59 Å². The van der Waals surface area contributed by atoms with Gasteiger partial charge in [0.1, 0.15) is 5.82 Å². The molecule has 2 aliphatic heterocycles. The zero-order chi connectivity index (χ0) is 23.2. The van der Waals surface area contributed by atoms with Gasteiger partial charge in [0.25, 0.3) is 0 Å². The summed E-state index contributed by atoms with van der Waals surface area (Å²) in [5, 5.41) is 9.05. The molecule has 2 aromatic rings. The Labute approximate surface area is 223 Å². The molecule has 9 heteroatoms. The minimum atomic E-state index is -1.10. The van der Waals surface area contributed by atoms with E-state index in [0.29, 0.717) is 19.0 Å². The fraction of sp³-hybridized carbons (Fsp3) is 0.520. The molecule has 1 N–H and O–H groups in total. The third-order valence-electron chi connectivity index (χ3n) is 6.83. The Kier molecular flexibility index (Phi) is 9.74. The standard InChI is InChI=1S/C25H32N4O4.Na.H/c1-18-3-2-4-23(27-18)28-11-7-19(8-12-28)5-6-20-9-13-29(14-10-20)25(32)33-22-15-21(24(30)31)16-26-17-22;;/h2-4,15-17,19-20H,5-14H2,1H3,(H,30,31);;. The number of anilines is 1. The second-order valence-corrected chi connectivity index (χ2v) is 9.16. The van der Waals surface area contributed by atoms with Crippen molar-refractivity contribution in [2.24, 2.45) is 11.8 Å². The van der Waals surface area contributed by atoms with Crippen LogP contribution in [-0.4, -0.2) is 87.8 Å². The summed E-state index contributed by atoms with van der Waals surface area (Å²) in [4.78, 5) is 36.1. The maximum absolute atomic E-state index is 12.4. The normalized spacial score (nSPS) is 17.2. The number of carbonyl (C=O) groups is 2. The maximum atomic E-state index is 12.4. The summed E-state index contributed by atoms with van der Waals surface area (Å²) in [5.74, 6) is 1.57. The molecule has 0 unspecified atom stereocenters. The minimum absolute atomic E-state index is 0. The molecular weight excluding hydrogens is 443 g/mol. The molecule has 2 aromatic heterocycles. The van der Waals surface area contributed by atoms with Gasteiger partial charge in [-0.1, -0.05) is 18.9 Å². The van der Waals surface area contributed by atoms with Crippen LogP contribution in [0.4, 0.5) is 10.6 Å². The summed E-state index contributed by atoms with van der Waals surface area (Å²) in [7, 11) is 0. The number of aromatic nitrogens is 2. The average Bonchev–Trinajstić information content (AvgIpc) is 2.83. The Morgan fingerprint density at radius 3 is 2.29 bits per heavy atom. The molecule has 34 heavy (non-hydrogen) atoms. The molecule has 0 aliphatic carbocycles. The van der Waals surface area contributed by atoms with Crippen molar-refractivity contribution in [1.29, 1.82) is 0 Å². The van der Waals surface area contributed by atoms with Crippen LogP contribution in [0.2, 0.25) is 0 Å². The third-order valence-corrected chi connectivity index (χ3v) is 6.83. The number of ether oxygens (including phenoxy) is 1. The Balaban J connectivity index is 0.00000324. The van der Waals surface area contributed by atoms with E-state index in [4.69, 9.17) is 9.84 Å². The summed E-state index contributed by atoms with van der Waals surface area (Å²) in [6.45, 7) is 5.53. The van der Waals surface area contributed by atoms with Crippen molar-refractivity contribution in [2.45, 2.75) is 45.4 Å². The van der Waals surface area contributed by atoms with E-state index in [0.717, 1.165) is 43.4 Å². The molecule has 0 saturated carbocycles. The van der Waals surface area contributed by atoms with E-state index in [-0.39, 0.29) is 40.9 Å². The molecule has 0 aromatic carbocycles. The van der Waals surface area contributed by atoms with Crippen molar-refractivity contribution >= 4 is 47.4 Å². The predicted molar refractivity (Wildman–Crippen MR) is 132 cm³/mol. The number of piperidine rings is 2. The first-order chi connectivity index (χ1) is 16.0. The first-order valence-corrected chi connectivity index (χ1v) is 11.8. The summed E-state index contributed by atoms with van der Waals surface area (Å²) in [6.07, 6.45) is 9.00. The number of likely N-dealkylation sites (tertiary alicyclic amines) is 1. The molecule has 0 spiro atoms. The van der Waals surface area contributed by atoms with Gasteiger partial charge in [-0.05, 0) is 62.6 Å². The van der Waals surface area contributed by atoms with Gasteiger partial charge in [0, 0.05) is 38.1 Å². The molecule has 4 rings (SSSR count). The van der Waals surface area contributed by atoms with Crippen LogP contribution >= 0.6 is 0 Å². The van der Waals surface area contributed by atoms with Gasteiger partial charge in [0.05, 0.1) is 11.8 Å². The molecule has 2 saturated heterocycles. The summed E-state index contributed by atoms with van der Waals surface area (Å²) in [6, 6.07) is 7.54. The van der Waals surface area contributed by atoms with Gasteiger partial charge < -0.3 is 19.6 Å². The third kappa shape index (κ3) is 7.17. The molecular formula is C25H33N4NaO4. The quantitative estimate of drug-likeness (QED) is 0.635. The van der Waals surface area contributed by atoms with Gasteiger partial charge >= 0.3 is 41.6 Å². The Hall–Kier alpha value is -2.16. The second-order valence-electron chi connectivity index (χ2n) is 9.16. The van der Waals surface area contributed by atoms with Crippen molar-refractivity contribution in [1.82, 2.24) is 14.9 Å². The Bertz CT molecular complexity index is 973. The molecule has 2 fully saturated rings. The first kappa shape index (κ1) is 26.4. The summed E-state index contributed by atoms with van der Waals surface area (Å²) < 4.78 is 5.34. The molecule has 0 radical (unpaired) electrons. The van der Waals surface area contributed by atoms with E-state index in [1.807, 2.05) is 13.0 Å². The zero-order valence-corrected chi connectivity index (χ0v) is 19.2. The molecule has 1 amide bonds. The van der Waals surface area contributed by atoms with E-state index >= 15 is 0 Å². The number of hydrogen-bond donors (Lipinski definition) is 1. The molecule has 178 valence electrons. The van der Waals surface area contributed by atoms with Crippen molar-refractivity contribution < 1.29 is 19.4 Å². The number of aryl methyl sites for hydroxylation is 1. The van der Waals surface area contributed by atoms with Crippen LogP contribution in [0.5, 0.6) is 5.75 Å². The van der Waals surface area contributed by atoms with Crippen LogP contribution in [0.3, 0.4) is 0 Å². The number of carboxylic acids is 1. The number of hydrogen-bond acceptors (Lipinski definition) is 6. The van der Waals surface area contributed by atoms with Crippen LogP contribution in [0.15, 0.2) is 36.7 Å². The van der Waals surface area contributed by atoms with E-state index in [1.165, 1.54) is 44.1 Å². The number of aromatic carboxylic acids is 1. The van der Waals surface area contributed by atoms with Crippen molar-refractivity contribution in [3.8, 4) is 5.75 Å². The average molecular weight is 477 g/mol. The van der Waals surface area contributed by atoms with Gasteiger partial charge in [-0.3, -0.25) is 4.98 Å². The second kappa shape index (κ2) is 12.5. The number of nitrogens with zero attached hydrogens (tertiary/aromatic N) is 4. The van der Waals surface area contributed by atoms with Gasteiger partial charge in [0.2, 0.25) is 0 Å². The van der Waals surface area contributed by atoms with Crippen LogP contribution in [0, 0.1) is 18.8 Å². The first-order valence-electron chi connectivity index (χ1n) is 11.8. The number of pyridine rings is 2. The fourth-order valence-corrected chi connectivity index (χ4v) is 4.79.